The van der Waals surface area contributed by atoms with Crippen molar-refractivity contribution >= 4 is 35.0 Å². The van der Waals surface area contributed by atoms with E-state index >= 15 is 0 Å². The first-order valence-electron chi connectivity index (χ1n) is 1.33. The Morgan fingerprint density at radius 1 is 1.67 bits per heavy atom. The Morgan fingerprint density at radius 2 is 1.83 bits per heavy atom. The maximum atomic E-state index is 5.16. The molecule has 0 saturated carbocycles. The van der Waals surface area contributed by atoms with Gasteiger partial charge >= 0.3 is 0 Å². The molecule has 0 atom stereocenters. The topological polar surface area (TPSA) is 26.0 Å². The summed E-state index contributed by atoms with van der Waals surface area (Å²) in [6.45, 7) is 1.74. The molecule has 0 radical (unpaired) electrons. The minimum absolute atomic E-state index is 0.506. The van der Waals surface area contributed by atoms with E-state index in [1.165, 1.54) is 0 Å². The molecule has 0 unspecified atom stereocenters. The molecule has 0 heterocycles. The third kappa shape index (κ3) is 2.71. The molecule has 0 saturated heterocycles. The van der Waals surface area contributed by atoms with Gasteiger partial charge in [0, 0.05) is 0 Å². The summed E-state index contributed by atoms with van der Waals surface area (Å²) >= 11 is 9.17. The Bertz CT molecular complexity index is 140. The van der Waals surface area contributed by atoms with Crippen molar-refractivity contribution in [3.63, 3.8) is 0 Å². The lowest BCUT2D eigenvalue weighted by Crippen LogP contribution is -2.04. The van der Waals surface area contributed by atoms with Gasteiger partial charge in [0.25, 0.3) is 0 Å². The van der Waals surface area contributed by atoms with Crippen LogP contribution in [-0.4, -0.2) is 4.99 Å². The van der Waals surface area contributed by atoms with Crippen molar-refractivity contribution in [1.82, 2.24) is 0 Å². The van der Waals surface area contributed by atoms with E-state index in [9.17, 15) is 0 Å². The number of hydrogen-bond donors (Lipinski definition) is 1. The third-order valence-corrected chi connectivity index (χ3v) is 2.37. The minimum Gasteiger partial charge on any atom is -0.297 e. The molecule has 0 aliphatic heterocycles. The van der Waals surface area contributed by atoms with Gasteiger partial charge in [-0.3, -0.25) is 5.73 Å². The summed E-state index contributed by atoms with van der Waals surface area (Å²) in [7, 11) is -0.506. The standard InChI is InChI=1S/C2H5NS3/c1-2(3)6(4)5/h3H2,1H3. The van der Waals surface area contributed by atoms with Gasteiger partial charge in [-0.15, -0.1) is 0 Å². The Labute approximate surface area is 48.0 Å². The predicted octanol–water partition coefficient (Wildman–Crippen LogP) is -0.363. The van der Waals surface area contributed by atoms with Crippen LogP contribution in [0, 0.1) is 0 Å². The lowest BCUT2D eigenvalue weighted by Gasteiger charge is -1.71. The molecule has 0 aromatic rings. The highest BCUT2D eigenvalue weighted by molar-refractivity contribution is 8.45. The van der Waals surface area contributed by atoms with Gasteiger partial charge in [0.15, 0.2) is 0 Å². The van der Waals surface area contributed by atoms with Gasteiger partial charge in [-0.25, -0.2) is 0 Å². The molecule has 0 amide bonds. The Hall–Kier alpha value is 0.490. The van der Waals surface area contributed by atoms with Gasteiger partial charge < -0.3 is 0 Å². The Kier molecular flexibility index (Phi) is 2.84. The Morgan fingerprint density at radius 3 is 1.83 bits per heavy atom. The fourth-order valence-corrected chi connectivity index (χ4v) is 0. The number of rotatable bonds is 0. The van der Waals surface area contributed by atoms with E-state index in [4.69, 9.17) is 5.73 Å². The first kappa shape index (κ1) is 6.49. The second kappa shape index (κ2) is 2.63. The zero-order valence-corrected chi connectivity index (χ0v) is 5.75. The van der Waals surface area contributed by atoms with E-state index in [1.807, 2.05) is 0 Å². The third-order valence-electron chi connectivity index (χ3n) is 0.263. The van der Waals surface area contributed by atoms with Gasteiger partial charge in [-0.05, 0) is 29.3 Å². The van der Waals surface area contributed by atoms with Crippen LogP contribution < -0.4 is 5.73 Å². The minimum atomic E-state index is -0.506. The van der Waals surface area contributed by atoms with E-state index in [-0.39, 0.29) is 0 Å². The molecule has 0 fully saturated rings. The fraction of sp³-hybridized carbons (Fsp3) is 0.500. The van der Waals surface area contributed by atoms with E-state index in [0.717, 1.165) is 0 Å². The smallest absolute Gasteiger partial charge is 0.0515 e. The molecular weight excluding hydrogens is 134 g/mol. The molecular formula is C2H5NS3. The second-order valence-electron chi connectivity index (χ2n) is 0.845. The summed E-state index contributed by atoms with van der Waals surface area (Å²) in [4.78, 5) is 0.667. The molecule has 2 N–H and O–H groups in total. The van der Waals surface area contributed by atoms with E-state index in [2.05, 4.69) is 22.4 Å². The monoisotopic (exact) mass is 139 g/mol. The lowest BCUT2D eigenvalue weighted by atomic mass is 10.8. The summed E-state index contributed by atoms with van der Waals surface area (Å²) in [5, 5.41) is 0. The van der Waals surface area contributed by atoms with Crippen LogP contribution >= 0.6 is 0 Å². The van der Waals surface area contributed by atoms with Gasteiger partial charge in [0.2, 0.25) is 0 Å². The molecule has 0 aromatic heterocycles. The van der Waals surface area contributed by atoms with Crippen molar-refractivity contribution in [2.24, 2.45) is 5.73 Å². The molecule has 0 rings (SSSR count). The molecule has 4 heteroatoms. The molecule has 36 valence electrons. The largest absolute Gasteiger partial charge is 0.297 e. The molecule has 0 aromatic carbocycles. The molecule has 1 nitrogen and oxygen atoms in total. The summed E-state index contributed by atoms with van der Waals surface area (Å²) in [5.74, 6) is 0. The van der Waals surface area contributed by atoms with Crippen LogP contribution in [0.5, 0.6) is 0 Å². The Balaban J connectivity index is 4.58. The van der Waals surface area contributed by atoms with Crippen molar-refractivity contribution in [2.45, 2.75) is 6.92 Å². The highest BCUT2D eigenvalue weighted by atomic mass is 33.1. The van der Waals surface area contributed by atoms with Crippen molar-refractivity contribution < 1.29 is 0 Å². The SMILES string of the molecule is CC(N)=S(=S)=S. The highest BCUT2D eigenvalue weighted by Gasteiger charge is 1.64. The normalized spacial score (nSPS) is 7.67. The maximum absolute atomic E-state index is 5.16. The molecule has 0 aliphatic carbocycles. The lowest BCUT2D eigenvalue weighted by molar-refractivity contribution is 1.73. The molecule has 0 spiro atoms. The van der Waals surface area contributed by atoms with Crippen LogP contribution in [0.15, 0.2) is 0 Å². The predicted molar refractivity (Wildman–Crippen MR) is 37.0 cm³/mol. The van der Waals surface area contributed by atoms with Crippen molar-refractivity contribution in [3.8, 4) is 0 Å². The average Bonchev–Trinajstić information content (AvgIpc) is 1.36. The quantitative estimate of drug-likeness (QED) is 0.464. The van der Waals surface area contributed by atoms with E-state index in [0.29, 0.717) is 4.99 Å². The van der Waals surface area contributed by atoms with Gasteiger partial charge in [0.1, 0.15) is 0 Å². The van der Waals surface area contributed by atoms with Gasteiger partial charge in [-0.1, -0.05) is 7.60 Å². The van der Waals surface area contributed by atoms with E-state index in [1.54, 1.807) is 6.92 Å². The van der Waals surface area contributed by atoms with Crippen molar-refractivity contribution in [2.75, 3.05) is 0 Å². The second-order valence-corrected chi connectivity index (χ2v) is 4.59. The zero-order valence-electron chi connectivity index (χ0n) is 3.30. The highest BCUT2D eigenvalue weighted by Crippen LogP contribution is 1.49. The average molecular weight is 139 g/mol. The summed E-state index contributed by atoms with van der Waals surface area (Å²) in [6, 6.07) is 0. The first-order valence-corrected chi connectivity index (χ1v) is 4.40. The van der Waals surface area contributed by atoms with E-state index < -0.39 is 7.60 Å². The van der Waals surface area contributed by atoms with Crippen LogP contribution in [0.4, 0.5) is 0 Å². The van der Waals surface area contributed by atoms with Crippen LogP contribution in [0.1, 0.15) is 6.92 Å². The molecule has 0 bridgehead atoms. The van der Waals surface area contributed by atoms with Crippen LogP contribution in [0.2, 0.25) is 0 Å². The molecule has 0 aliphatic rings. The van der Waals surface area contributed by atoms with Crippen LogP contribution in [0.25, 0.3) is 0 Å². The fourth-order valence-electron chi connectivity index (χ4n) is 0. The first-order chi connectivity index (χ1) is 2.64. The molecule has 6 heavy (non-hydrogen) atoms. The van der Waals surface area contributed by atoms with Crippen LogP contribution in [0.3, 0.4) is 0 Å². The van der Waals surface area contributed by atoms with Gasteiger partial charge in [0.05, 0.1) is 4.99 Å². The number of nitrogens with two attached hydrogens (primary N) is 1. The van der Waals surface area contributed by atoms with Crippen molar-refractivity contribution in [3.05, 3.63) is 0 Å². The summed E-state index contributed by atoms with van der Waals surface area (Å²) in [5.41, 5.74) is 5.16. The summed E-state index contributed by atoms with van der Waals surface area (Å²) in [6.07, 6.45) is 0. The van der Waals surface area contributed by atoms with Crippen molar-refractivity contribution in [1.29, 1.82) is 0 Å². The van der Waals surface area contributed by atoms with Gasteiger partial charge in [-0.2, -0.15) is 0 Å². The zero-order chi connectivity index (χ0) is 5.15. The summed E-state index contributed by atoms with van der Waals surface area (Å²) < 4.78 is 0. The van der Waals surface area contributed by atoms with Crippen LogP contribution in [-0.2, 0) is 30.0 Å². The maximum Gasteiger partial charge on any atom is 0.0515 e. The number of hydrogen-bond acceptors (Lipinski definition) is 2.